The van der Waals surface area contributed by atoms with E-state index in [0.29, 0.717) is 12.5 Å². The van der Waals surface area contributed by atoms with Crippen molar-refractivity contribution in [3.63, 3.8) is 0 Å². The maximum Gasteiger partial charge on any atom is 0.0717 e. The zero-order chi connectivity index (χ0) is 14.5. The molecule has 0 bridgehead atoms. The molecular formula is C19H23NO. The first-order chi connectivity index (χ1) is 10.3. The highest BCUT2D eigenvalue weighted by atomic mass is 16.5. The second-order valence-electron chi connectivity index (χ2n) is 5.96. The van der Waals surface area contributed by atoms with Crippen LogP contribution >= 0.6 is 0 Å². The molecule has 110 valence electrons. The van der Waals surface area contributed by atoms with Gasteiger partial charge in [-0.1, -0.05) is 60.7 Å². The topological polar surface area (TPSA) is 35.2 Å². The molecule has 1 fully saturated rings. The van der Waals surface area contributed by atoms with E-state index in [4.69, 9.17) is 10.5 Å². The van der Waals surface area contributed by atoms with E-state index in [0.717, 1.165) is 19.6 Å². The Morgan fingerprint density at radius 2 is 1.67 bits per heavy atom. The smallest absolute Gasteiger partial charge is 0.0717 e. The summed E-state index contributed by atoms with van der Waals surface area (Å²) in [5, 5.41) is 0. The van der Waals surface area contributed by atoms with Crippen molar-refractivity contribution in [3.8, 4) is 0 Å². The fourth-order valence-electron chi connectivity index (χ4n) is 3.32. The van der Waals surface area contributed by atoms with Gasteiger partial charge in [0.1, 0.15) is 0 Å². The Balaban J connectivity index is 1.57. The number of nitrogens with two attached hydrogens (primary N) is 1. The number of benzene rings is 2. The maximum atomic E-state index is 5.93. The van der Waals surface area contributed by atoms with Gasteiger partial charge in [0.15, 0.2) is 0 Å². The second kappa shape index (κ2) is 6.42. The van der Waals surface area contributed by atoms with Gasteiger partial charge in [0.05, 0.1) is 13.2 Å². The molecule has 2 atom stereocenters. The molecule has 3 rings (SSSR count). The number of ether oxygens (including phenoxy) is 1. The van der Waals surface area contributed by atoms with E-state index in [1.165, 1.54) is 17.5 Å². The molecule has 1 aliphatic carbocycles. The third-order valence-corrected chi connectivity index (χ3v) is 4.60. The standard InChI is InChI=1S/C19H23NO/c20-12-11-19(17-9-5-2-6-10-17)13-18(19)15-21-14-16-7-3-1-4-8-16/h1-10,18H,11-15,20H2/t18-,19+/m0/s1. The molecule has 0 spiro atoms. The second-order valence-corrected chi connectivity index (χ2v) is 5.96. The normalized spacial score (nSPS) is 24.0. The van der Waals surface area contributed by atoms with Gasteiger partial charge in [0.2, 0.25) is 0 Å². The van der Waals surface area contributed by atoms with E-state index >= 15 is 0 Å². The van der Waals surface area contributed by atoms with Crippen molar-refractivity contribution >= 4 is 0 Å². The molecular weight excluding hydrogens is 258 g/mol. The molecule has 0 aliphatic heterocycles. The van der Waals surface area contributed by atoms with Crippen LogP contribution in [0.25, 0.3) is 0 Å². The summed E-state index contributed by atoms with van der Waals surface area (Å²) in [6, 6.07) is 21.1. The van der Waals surface area contributed by atoms with E-state index in [1.54, 1.807) is 0 Å². The number of rotatable bonds is 7. The first kappa shape index (κ1) is 14.3. The van der Waals surface area contributed by atoms with Crippen molar-refractivity contribution in [2.24, 2.45) is 11.7 Å². The molecule has 1 aliphatic rings. The zero-order valence-corrected chi connectivity index (χ0v) is 12.4. The van der Waals surface area contributed by atoms with Crippen molar-refractivity contribution in [1.82, 2.24) is 0 Å². The van der Waals surface area contributed by atoms with Gasteiger partial charge in [0.25, 0.3) is 0 Å². The minimum Gasteiger partial charge on any atom is -0.376 e. The van der Waals surface area contributed by atoms with E-state index in [9.17, 15) is 0 Å². The van der Waals surface area contributed by atoms with Crippen molar-refractivity contribution in [2.75, 3.05) is 13.2 Å². The van der Waals surface area contributed by atoms with Crippen LogP contribution in [0, 0.1) is 5.92 Å². The highest BCUT2D eigenvalue weighted by molar-refractivity contribution is 5.33. The summed E-state index contributed by atoms with van der Waals surface area (Å²) in [5.41, 5.74) is 8.75. The summed E-state index contributed by atoms with van der Waals surface area (Å²) in [4.78, 5) is 0. The van der Waals surface area contributed by atoms with Gasteiger partial charge in [0, 0.05) is 5.41 Å². The first-order valence-corrected chi connectivity index (χ1v) is 7.72. The van der Waals surface area contributed by atoms with E-state index in [1.807, 2.05) is 6.07 Å². The predicted molar refractivity (Wildman–Crippen MR) is 86.0 cm³/mol. The van der Waals surface area contributed by atoms with Crippen LogP contribution in [0.5, 0.6) is 0 Å². The molecule has 0 saturated heterocycles. The average Bonchev–Trinajstić information content (AvgIpc) is 3.24. The fraction of sp³-hybridized carbons (Fsp3) is 0.368. The van der Waals surface area contributed by atoms with E-state index in [2.05, 4.69) is 54.6 Å². The highest BCUT2D eigenvalue weighted by Crippen LogP contribution is 2.56. The number of hydrogen-bond donors (Lipinski definition) is 1. The summed E-state index contributed by atoms with van der Waals surface area (Å²) in [5.74, 6) is 0.604. The maximum absolute atomic E-state index is 5.93. The Kier molecular flexibility index (Phi) is 4.37. The van der Waals surface area contributed by atoms with Crippen molar-refractivity contribution in [3.05, 3.63) is 71.8 Å². The molecule has 21 heavy (non-hydrogen) atoms. The summed E-state index contributed by atoms with van der Waals surface area (Å²) < 4.78 is 5.93. The first-order valence-electron chi connectivity index (χ1n) is 7.72. The van der Waals surface area contributed by atoms with Gasteiger partial charge in [-0.15, -0.1) is 0 Å². The molecule has 1 saturated carbocycles. The van der Waals surface area contributed by atoms with Crippen LogP contribution in [-0.2, 0) is 16.8 Å². The van der Waals surface area contributed by atoms with Crippen LogP contribution in [0.15, 0.2) is 60.7 Å². The van der Waals surface area contributed by atoms with Gasteiger partial charge in [-0.2, -0.15) is 0 Å². The van der Waals surface area contributed by atoms with E-state index < -0.39 is 0 Å². The van der Waals surface area contributed by atoms with Crippen molar-refractivity contribution in [2.45, 2.75) is 24.9 Å². The fourth-order valence-corrected chi connectivity index (χ4v) is 3.32. The van der Waals surface area contributed by atoms with Crippen LogP contribution < -0.4 is 5.73 Å². The van der Waals surface area contributed by atoms with Gasteiger partial charge < -0.3 is 10.5 Å². The highest BCUT2D eigenvalue weighted by Gasteiger charge is 2.54. The monoisotopic (exact) mass is 281 g/mol. The van der Waals surface area contributed by atoms with Gasteiger partial charge in [-0.25, -0.2) is 0 Å². The molecule has 0 amide bonds. The zero-order valence-electron chi connectivity index (χ0n) is 12.4. The van der Waals surface area contributed by atoms with Crippen LogP contribution in [0.1, 0.15) is 24.0 Å². The molecule has 0 aromatic heterocycles. The molecule has 0 unspecified atom stereocenters. The molecule has 0 heterocycles. The third-order valence-electron chi connectivity index (χ3n) is 4.60. The van der Waals surface area contributed by atoms with Crippen LogP contribution in [0.4, 0.5) is 0 Å². The molecule has 2 aromatic carbocycles. The Labute approximate surface area is 126 Å². The van der Waals surface area contributed by atoms with Crippen molar-refractivity contribution < 1.29 is 4.74 Å². The lowest BCUT2D eigenvalue weighted by Crippen LogP contribution is -2.18. The summed E-state index contributed by atoms with van der Waals surface area (Å²) >= 11 is 0. The summed E-state index contributed by atoms with van der Waals surface area (Å²) in [6.45, 7) is 2.26. The van der Waals surface area contributed by atoms with Gasteiger partial charge in [-0.05, 0) is 36.4 Å². The van der Waals surface area contributed by atoms with Crippen LogP contribution in [-0.4, -0.2) is 13.2 Å². The Bertz CT molecular complexity index is 554. The van der Waals surface area contributed by atoms with E-state index in [-0.39, 0.29) is 5.41 Å². The molecule has 2 nitrogen and oxygen atoms in total. The molecule has 2 heteroatoms. The Morgan fingerprint density at radius 1 is 1.00 bits per heavy atom. The van der Waals surface area contributed by atoms with Crippen LogP contribution in [0.2, 0.25) is 0 Å². The molecule has 0 radical (unpaired) electrons. The minimum atomic E-state index is 0.257. The Hall–Kier alpha value is -1.64. The summed E-state index contributed by atoms with van der Waals surface area (Å²) in [7, 11) is 0. The lowest BCUT2D eigenvalue weighted by Gasteiger charge is -2.17. The third kappa shape index (κ3) is 3.17. The van der Waals surface area contributed by atoms with Gasteiger partial charge in [-0.3, -0.25) is 0 Å². The van der Waals surface area contributed by atoms with Gasteiger partial charge >= 0.3 is 0 Å². The Morgan fingerprint density at radius 3 is 2.33 bits per heavy atom. The summed E-state index contributed by atoms with van der Waals surface area (Å²) in [6.07, 6.45) is 2.25. The van der Waals surface area contributed by atoms with Crippen LogP contribution in [0.3, 0.4) is 0 Å². The quantitative estimate of drug-likeness (QED) is 0.843. The average molecular weight is 281 g/mol. The lowest BCUT2D eigenvalue weighted by molar-refractivity contribution is 0.105. The lowest BCUT2D eigenvalue weighted by atomic mass is 9.90. The number of hydrogen-bond acceptors (Lipinski definition) is 2. The molecule has 2 aromatic rings. The largest absolute Gasteiger partial charge is 0.376 e. The minimum absolute atomic E-state index is 0.257. The molecule has 2 N–H and O–H groups in total. The van der Waals surface area contributed by atoms with Crippen molar-refractivity contribution in [1.29, 1.82) is 0 Å². The SMILES string of the molecule is NCC[C@]1(c2ccccc2)C[C@H]1COCc1ccccc1. The predicted octanol–water partition coefficient (Wildman–Crippen LogP) is 3.51.